The molecule has 1 aliphatic rings. The van der Waals surface area contributed by atoms with Gasteiger partial charge in [0, 0.05) is 36.4 Å². The number of amides is 3. The molecular weight excluding hydrogens is 378 g/mol. The van der Waals surface area contributed by atoms with Gasteiger partial charge < -0.3 is 15.5 Å². The van der Waals surface area contributed by atoms with E-state index >= 15 is 0 Å². The molecule has 1 saturated heterocycles. The van der Waals surface area contributed by atoms with Gasteiger partial charge in [0.2, 0.25) is 5.91 Å². The Morgan fingerprint density at radius 2 is 1.77 bits per heavy atom. The van der Waals surface area contributed by atoms with Crippen LogP contribution in [-0.2, 0) is 4.79 Å². The summed E-state index contributed by atoms with van der Waals surface area (Å²) >= 11 is 0. The lowest BCUT2D eigenvalue weighted by atomic mass is 9.96. The first-order valence-electron chi connectivity index (χ1n) is 10.5. The molecule has 30 heavy (non-hydrogen) atoms. The highest BCUT2D eigenvalue weighted by Gasteiger charge is 2.29. The molecular formula is C24H29N3O3. The highest BCUT2D eigenvalue weighted by Crippen LogP contribution is 2.20. The van der Waals surface area contributed by atoms with Gasteiger partial charge >= 0.3 is 0 Å². The minimum atomic E-state index is -0.222. The van der Waals surface area contributed by atoms with E-state index in [2.05, 4.69) is 24.5 Å². The van der Waals surface area contributed by atoms with Crippen molar-refractivity contribution in [1.29, 1.82) is 0 Å². The van der Waals surface area contributed by atoms with Gasteiger partial charge in [-0.25, -0.2) is 0 Å². The number of benzene rings is 2. The van der Waals surface area contributed by atoms with Gasteiger partial charge in [-0.2, -0.15) is 0 Å². The quantitative estimate of drug-likeness (QED) is 0.768. The lowest BCUT2D eigenvalue weighted by Crippen LogP contribution is -2.46. The third-order valence-corrected chi connectivity index (χ3v) is 5.17. The molecule has 2 aromatic rings. The maximum absolute atomic E-state index is 13.0. The average molecular weight is 408 g/mol. The molecule has 1 heterocycles. The van der Waals surface area contributed by atoms with Crippen molar-refractivity contribution in [3.05, 3.63) is 65.7 Å². The molecule has 3 amide bonds. The Morgan fingerprint density at radius 1 is 1.03 bits per heavy atom. The van der Waals surface area contributed by atoms with Gasteiger partial charge in [0.25, 0.3) is 11.8 Å². The number of hydrogen-bond acceptors (Lipinski definition) is 3. The zero-order valence-corrected chi connectivity index (χ0v) is 17.6. The molecule has 1 unspecified atom stereocenters. The van der Waals surface area contributed by atoms with Gasteiger partial charge in [-0.05, 0) is 49.1 Å². The third-order valence-electron chi connectivity index (χ3n) is 5.17. The molecule has 0 aromatic heterocycles. The fourth-order valence-corrected chi connectivity index (χ4v) is 3.53. The van der Waals surface area contributed by atoms with Crippen molar-refractivity contribution in [1.82, 2.24) is 10.2 Å². The summed E-state index contributed by atoms with van der Waals surface area (Å²) in [5, 5.41) is 5.81. The fourth-order valence-electron chi connectivity index (χ4n) is 3.53. The number of likely N-dealkylation sites (tertiary alicyclic amines) is 1. The van der Waals surface area contributed by atoms with Gasteiger partial charge in [0.05, 0.1) is 5.92 Å². The van der Waals surface area contributed by atoms with E-state index in [1.165, 1.54) is 0 Å². The molecule has 6 nitrogen and oxygen atoms in total. The topological polar surface area (TPSA) is 78.5 Å². The minimum absolute atomic E-state index is 0.0186. The van der Waals surface area contributed by atoms with Gasteiger partial charge in [-0.1, -0.05) is 38.1 Å². The molecule has 0 spiro atoms. The Bertz CT molecular complexity index is 896. The van der Waals surface area contributed by atoms with Crippen molar-refractivity contribution in [2.24, 2.45) is 11.8 Å². The summed E-state index contributed by atoms with van der Waals surface area (Å²) in [6, 6.07) is 15.9. The van der Waals surface area contributed by atoms with Crippen LogP contribution < -0.4 is 10.6 Å². The minimum Gasteiger partial charge on any atom is -0.356 e. The zero-order valence-electron chi connectivity index (χ0n) is 17.6. The summed E-state index contributed by atoms with van der Waals surface area (Å²) in [5.74, 6) is -0.108. The Hall–Kier alpha value is -3.15. The van der Waals surface area contributed by atoms with Crippen LogP contribution in [0, 0.1) is 11.8 Å². The van der Waals surface area contributed by atoms with Gasteiger partial charge in [-0.3, -0.25) is 14.4 Å². The number of carbonyl (C=O) groups is 3. The molecule has 0 aliphatic carbocycles. The van der Waals surface area contributed by atoms with Crippen molar-refractivity contribution < 1.29 is 14.4 Å². The number of carbonyl (C=O) groups excluding carboxylic acids is 3. The normalized spacial score (nSPS) is 16.2. The lowest BCUT2D eigenvalue weighted by Gasteiger charge is -2.32. The number of hydrogen-bond donors (Lipinski definition) is 2. The lowest BCUT2D eigenvalue weighted by molar-refractivity contribution is -0.126. The average Bonchev–Trinajstić information content (AvgIpc) is 2.77. The molecule has 1 fully saturated rings. The van der Waals surface area contributed by atoms with Gasteiger partial charge in [-0.15, -0.1) is 0 Å². The van der Waals surface area contributed by atoms with E-state index in [1.807, 2.05) is 6.07 Å². The molecule has 2 N–H and O–H groups in total. The monoisotopic (exact) mass is 407 g/mol. The second kappa shape index (κ2) is 10.1. The van der Waals surface area contributed by atoms with E-state index in [9.17, 15) is 14.4 Å². The molecule has 6 heteroatoms. The largest absolute Gasteiger partial charge is 0.356 e. The molecule has 1 atom stereocenters. The molecule has 2 aromatic carbocycles. The van der Waals surface area contributed by atoms with Crippen LogP contribution in [0.1, 0.15) is 47.4 Å². The molecule has 3 rings (SSSR count). The maximum Gasteiger partial charge on any atom is 0.255 e. The van der Waals surface area contributed by atoms with Crippen LogP contribution in [0.5, 0.6) is 0 Å². The zero-order chi connectivity index (χ0) is 21.5. The third kappa shape index (κ3) is 5.69. The van der Waals surface area contributed by atoms with Gasteiger partial charge in [0.15, 0.2) is 0 Å². The van der Waals surface area contributed by atoms with Crippen molar-refractivity contribution in [2.45, 2.75) is 26.7 Å². The molecule has 0 saturated carbocycles. The highest BCUT2D eigenvalue weighted by molar-refractivity contribution is 6.05. The Labute approximate surface area is 177 Å². The molecule has 0 radical (unpaired) electrons. The Balaban J connectivity index is 1.64. The van der Waals surface area contributed by atoms with E-state index in [4.69, 9.17) is 0 Å². The fraction of sp³-hybridized carbons (Fsp3) is 0.375. The first-order valence-corrected chi connectivity index (χ1v) is 10.5. The Kier molecular flexibility index (Phi) is 7.22. The van der Waals surface area contributed by atoms with E-state index in [-0.39, 0.29) is 23.6 Å². The van der Waals surface area contributed by atoms with Gasteiger partial charge in [0.1, 0.15) is 0 Å². The first-order chi connectivity index (χ1) is 14.4. The summed E-state index contributed by atoms with van der Waals surface area (Å²) < 4.78 is 0. The van der Waals surface area contributed by atoms with Crippen molar-refractivity contribution in [2.75, 3.05) is 25.0 Å². The smallest absolute Gasteiger partial charge is 0.255 e. The van der Waals surface area contributed by atoms with Crippen LogP contribution in [-0.4, -0.2) is 42.3 Å². The van der Waals surface area contributed by atoms with Crippen LogP contribution in [0.4, 0.5) is 5.69 Å². The van der Waals surface area contributed by atoms with Crippen molar-refractivity contribution >= 4 is 23.4 Å². The number of nitrogens with zero attached hydrogens (tertiary/aromatic N) is 1. The van der Waals surface area contributed by atoms with Crippen molar-refractivity contribution in [3.63, 3.8) is 0 Å². The molecule has 0 bridgehead atoms. The van der Waals surface area contributed by atoms with Crippen LogP contribution in [0.3, 0.4) is 0 Å². The van der Waals surface area contributed by atoms with Crippen LogP contribution in [0.15, 0.2) is 54.6 Å². The summed E-state index contributed by atoms with van der Waals surface area (Å²) in [6.45, 7) is 5.81. The van der Waals surface area contributed by atoms with E-state index in [1.54, 1.807) is 53.4 Å². The summed E-state index contributed by atoms with van der Waals surface area (Å²) in [6.07, 6.45) is 1.59. The van der Waals surface area contributed by atoms with E-state index in [0.29, 0.717) is 42.4 Å². The second-order valence-corrected chi connectivity index (χ2v) is 8.13. The van der Waals surface area contributed by atoms with Crippen LogP contribution >= 0.6 is 0 Å². The predicted octanol–water partition coefficient (Wildman–Crippen LogP) is 3.56. The number of anilines is 1. The second-order valence-electron chi connectivity index (χ2n) is 8.13. The predicted molar refractivity (Wildman–Crippen MR) is 117 cm³/mol. The summed E-state index contributed by atoms with van der Waals surface area (Å²) in [5.41, 5.74) is 1.63. The molecule has 158 valence electrons. The highest BCUT2D eigenvalue weighted by atomic mass is 16.2. The summed E-state index contributed by atoms with van der Waals surface area (Å²) in [7, 11) is 0. The number of piperidine rings is 1. The van der Waals surface area contributed by atoms with E-state index in [0.717, 1.165) is 12.8 Å². The molecule has 1 aliphatic heterocycles. The Morgan fingerprint density at radius 3 is 2.50 bits per heavy atom. The SMILES string of the molecule is CC(C)CNC(=O)C1CCCN(C(=O)c2cccc(NC(=O)c3ccccc3)c2)C1. The first kappa shape index (κ1) is 21.6. The maximum atomic E-state index is 13.0. The van der Waals surface area contributed by atoms with Crippen LogP contribution in [0.25, 0.3) is 0 Å². The summed E-state index contributed by atoms with van der Waals surface area (Å²) in [4.78, 5) is 39.6. The number of rotatable bonds is 6. The van der Waals surface area contributed by atoms with E-state index < -0.39 is 0 Å². The number of nitrogens with one attached hydrogen (secondary N) is 2. The van der Waals surface area contributed by atoms with Crippen LogP contribution in [0.2, 0.25) is 0 Å². The standard InChI is InChI=1S/C24H29N3O3/c1-17(2)15-25-22(28)20-11-7-13-27(16-20)24(30)19-10-6-12-21(14-19)26-23(29)18-8-4-3-5-9-18/h3-6,8-10,12,14,17,20H,7,11,13,15-16H2,1-2H3,(H,25,28)(H,26,29). The van der Waals surface area contributed by atoms with Crippen molar-refractivity contribution in [3.8, 4) is 0 Å².